The smallest absolute Gasteiger partial charge is 0.355 e. The first-order chi connectivity index (χ1) is 14.1. The fourth-order valence-electron chi connectivity index (χ4n) is 3.18. The third-order valence-corrected chi connectivity index (χ3v) is 4.90. The minimum Gasteiger partial charge on any atom is -0.459 e. The number of nitrogens with one attached hydrogen (secondary N) is 2. The van der Waals surface area contributed by atoms with Crippen molar-refractivity contribution in [1.82, 2.24) is 4.98 Å². The average molecular weight is 415 g/mol. The number of hydrogen-bond donors (Lipinski definition) is 2. The first-order valence-corrected chi connectivity index (χ1v) is 10.1. The van der Waals surface area contributed by atoms with Gasteiger partial charge in [0.15, 0.2) is 6.61 Å². The molecule has 0 spiro atoms. The molecule has 0 saturated carbocycles. The number of aromatic amines is 1. The summed E-state index contributed by atoms with van der Waals surface area (Å²) in [6.07, 6.45) is 0.665. The zero-order valence-corrected chi connectivity index (χ0v) is 18.4. The molecule has 0 radical (unpaired) electrons. The third kappa shape index (κ3) is 5.49. The van der Waals surface area contributed by atoms with Crippen molar-refractivity contribution >= 4 is 23.5 Å². The Bertz CT molecular complexity index is 930. The molecule has 0 aliphatic rings. The molecular weight excluding hydrogens is 384 g/mol. The van der Waals surface area contributed by atoms with Crippen LogP contribution in [0.4, 0.5) is 5.69 Å². The number of para-hydroxylation sites is 1. The Hall–Kier alpha value is -3.09. The Morgan fingerprint density at radius 3 is 2.37 bits per heavy atom. The summed E-state index contributed by atoms with van der Waals surface area (Å²) in [6.45, 7) is 10.6. The molecule has 30 heavy (non-hydrogen) atoms. The van der Waals surface area contributed by atoms with Gasteiger partial charge in [0.05, 0.1) is 11.7 Å². The van der Waals surface area contributed by atoms with Crippen LogP contribution in [-0.4, -0.2) is 35.5 Å². The van der Waals surface area contributed by atoms with Gasteiger partial charge in [0.1, 0.15) is 5.69 Å². The largest absolute Gasteiger partial charge is 0.459 e. The summed E-state index contributed by atoms with van der Waals surface area (Å²) in [5.74, 6) is -1.35. The van der Waals surface area contributed by atoms with Crippen molar-refractivity contribution in [3.63, 3.8) is 0 Å². The first kappa shape index (κ1) is 23.2. The van der Waals surface area contributed by atoms with E-state index in [9.17, 15) is 14.4 Å². The molecule has 7 heteroatoms. The van der Waals surface area contributed by atoms with Gasteiger partial charge in [0.2, 0.25) is 0 Å². The van der Waals surface area contributed by atoms with Crippen LogP contribution in [0.25, 0.3) is 0 Å². The van der Waals surface area contributed by atoms with Crippen molar-refractivity contribution in [1.29, 1.82) is 0 Å². The lowest BCUT2D eigenvalue weighted by molar-refractivity contribution is -0.119. The van der Waals surface area contributed by atoms with Crippen molar-refractivity contribution in [2.24, 2.45) is 0 Å². The summed E-state index contributed by atoms with van der Waals surface area (Å²) in [7, 11) is 0. The molecule has 162 valence electrons. The van der Waals surface area contributed by atoms with Crippen molar-refractivity contribution < 1.29 is 23.9 Å². The van der Waals surface area contributed by atoms with E-state index in [1.165, 1.54) is 0 Å². The number of carbonyl (C=O) groups is 3. The predicted molar refractivity (Wildman–Crippen MR) is 115 cm³/mol. The van der Waals surface area contributed by atoms with Crippen LogP contribution >= 0.6 is 0 Å². The average Bonchev–Trinajstić information content (AvgIpc) is 2.99. The molecular formula is C23H30N2O5. The van der Waals surface area contributed by atoms with E-state index in [0.29, 0.717) is 22.5 Å². The topological polar surface area (TPSA) is 97.5 Å². The number of ether oxygens (including phenoxy) is 2. The minimum atomic E-state index is -0.704. The van der Waals surface area contributed by atoms with E-state index in [2.05, 4.69) is 24.1 Å². The van der Waals surface area contributed by atoms with Gasteiger partial charge in [-0.25, -0.2) is 9.59 Å². The van der Waals surface area contributed by atoms with Gasteiger partial charge in [0, 0.05) is 11.4 Å². The number of aromatic nitrogens is 1. The highest BCUT2D eigenvalue weighted by Gasteiger charge is 2.25. The van der Waals surface area contributed by atoms with E-state index in [-0.39, 0.29) is 17.7 Å². The first-order valence-electron chi connectivity index (χ1n) is 10.1. The second kappa shape index (κ2) is 10.1. The number of aryl methyl sites for hydroxylation is 1. The van der Waals surface area contributed by atoms with Crippen molar-refractivity contribution in [3.8, 4) is 0 Å². The predicted octanol–water partition coefficient (Wildman–Crippen LogP) is 4.51. The molecule has 1 aromatic heterocycles. The third-order valence-electron chi connectivity index (χ3n) is 4.90. The number of esters is 2. The molecule has 2 N–H and O–H groups in total. The number of hydrogen-bond acceptors (Lipinski definition) is 5. The van der Waals surface area contributed by atoms with Gasteiger partial charge >= 0.3 is 11.9 Å². The van der Waals surface area contributed by atoms with Crippen LogP contribution < -0.4 is 5.32 Å². The van der Waals surface area contributed by atoms with Gasteiger partial charge < -0.3 is 19.8 Å². The van der Waals surface area contributed by atoms with Gasteiger partial charge in [-0.15, -0.1) is 0 Å². The zero-order valence-electron chi connectivity index (χ0n) is 18.4. The minimum absolute atomic E-state index is 0.135. The van der Waals surface area contributed by atoms with E-state index in [4.69, 9.17) is 9.47 Å². The maximum atomic E-state index is 12.5. The molecule has 0 fully saturated rings. The lowest BCUT2D eigenvalue weighted by atomic mass is 9.97. The Morgan fingerprint density at radius 1 is 1.07 bits per heavy atom. The normalized spacial score (nSPS) is 11.8. The van der Waals surface area contributed by atoms with Gasteiger partial charge in [-0.3, -0.25) is 4.79 Å². The molecule has 0 aliphatic heterocycles. The molecule has 2 rings (SSSR count). The molecule has 7 nitrogen and oxygen atoms in total. The van der Waals surface area contributed by atoms with Crippen molar-refractivity contribution in [2.45, 2.75) is 60.0 Å². The molecule has 1 atom stereocenters. The van der Waals surface area contributed by atoms with Crippen LogP contribution in [0.3, 0.4) is 0 Å². The molecule has 1 aromatic carbocycles. The standard InChI is InChI=1S/C23H30N2O5/c1-7-14(4)17-10-8-9-11-18(17)25-19(26)12-29-23(28)21-15(5)20(16(6)24-21)22(27)30-13(2)3/h8-11,13-14,24H,7,12H2,1-6H3,(H,25,26)/t14-/m1/s1. The molecule has 0 bridgehead atoms. The summed E-state index contributed by atoms with van der Waals surface area (Å²) in [6, 6.07) is 7.57. The summed E-state index contributed by atoms with van der Waals surface area (Å²) >= 11 is 0. The summed E-state index contributed by atoms with van der Waals surface area (Å²) in [4.78, 5) is 39.9. The SMILES string of the molecule is CC[C@@H](C)c1ccccc1NC(=O)COC(=O)c1[nH]c(C)c(C(=O)OC(C)C)c1C. The fraction of sp³-hybridized carbons (Fsp3) is 0.435. The fourth-order valence-corrected chi connectivity index (χ4v) is 3.18. The highest BCUT2D eigenvalue weighted by Crippen LogP contribution is 2.26. The van der Waals surface area contributed by atoms with Crippen LogP contribution in [-0.2, 0) is 14.3 Å². The summed E-state index contributed by atoms with van der Waals surface area (Å²) < 4.78 is 10.4. The Balaban J connectivity index is 2.05. The van der Waals surface area contributed by atoms with Crippen LogP contribution in [0.1, 0.15) is 77.7 Å². The maximum absolute atomic E-state index is 12.5. The zero-order chi connectivity index (χ0) is 22.4. The van der Waals surface area contributed by atoms with E-state index in [1.54, 1.807) is 27.7 Å². The van der Waals surface area contributed by atoms with Crippen molar-refractivity contribution in [2.75, 3.05) is 11.9 Å². The van der Waals surface area contributed by atoms with Crippen LogP contribution in [0, 0.1) is 13.8 Å². The number of anilines is 1. The monoisotopic (exact) mass is 414 g/mol. The molecule has 1 heterocycles. The van der Waals surface area contributed by atoms with Gasteiger partial charge in [-0.2, -0.15) is 0 Å². The van der Waals surface area contributed by atoms with Crippen LogP contribution in [0.5, 0.6) is 0 Å². The van der Waals surface area contributed by atoms with E-state index >= 15 is 0 Å². The lowest BCUT2D eigenvalue weighted by Crippen LogP contribution is -2.22. The van der Waals surface area contributed by atoms with Gasteiger partial charge in [0.25, 0.3) is 5.91 Å². The Labute approximate surface area is 177 Å². The molecule has 0 unspecified atom stereocenters. The van der Waals surface area contributed by atoms with E-state index < -0.39 is 24.5 Å². The van der Waals surface area contributed by atoms with Crippen molar-refractivity contribution in [3.05, 3.63) is 52.3 Å². The van der Waals surface area contributed by atoms with Crippen LogP contribution in [0.2, 0.25) is 0 Å². The summed E-state index contributed by atoms with van der Waals surface area (Å²) in [5.41, 5.74) is 3.13. The molecule has 1 amide bonds. The maximum Gasteiger partial charge on any atom is 0.355 e. The number of rotatable bonds is 8. The number of carbonyl (C=O) groups excluding carboxylic acids is 3. The lowest BCUT2D eigenvalue weighted by Gasteiger charge is -2.15. The Kier molecular flexibility index (Phi) is 7.80. The summed E-state index contributed by atoms with van der Waals surface area (Å²) in [5, 5.41) is 2.80. The van der Waals surface area contributed by atoms with Gasteiger partial charge in [-0.1, -0.05) is 32.0 Å². The highest BCUT2D eigenvalue weighted by molar-refractivity contribution is 6.00. The van der Waals surface area contributed by atoms with E-state index in [0.717, 1.165) is 12.0 Å². The van der Waals surface area contributed by atoms with E-state index in [1.807, 2.05) is 24.3 Å². The molecule has 0 aliphatic carbocycles. The van der Waals surface area contributed by atoms with Crippen LogP contribution in [0.15, 0.2) is 24.3 Å². The Morgan fingerprint density at radius 2 is 1.73 bits per heavy atom. The second-order valence-corrected chi connectivity index (χ2v) is 7.60. The molecule has 2 aromatic rings. The number of amides is 1. The molecule has 0 saturated heterocycles. The quantitative estimate of drug-likeness (QED) is 0.620. The number of benzene rings is 1. The second-order valence-electron chi connectivity index (χ2n) is 7.60. The highest BCUT2D eigenvalue weighted by atomic mass is 16.5. The number of H-pyrrole nitrogens is 1. The van der Waals surface area contributed by atoms with Gasteiger partial charge in [-0.05, 0) is 57.2 Å².